The first kappa shape index (κ1) is 19.9. The fourth-order valence-corrected chi connectivity index (χ4v) is 5.58. The van der Waals surface area contributed by atoms with E-state index in [0.717, 1.165) is 10.9 Å². The third kappa shape index (κ3) is 3.25. The second-order valence-electron chi connectivity index (χ2n) is 8.41. The molecule has 0 N–H and O–H groups in total. The highest BCUT2D eigenvalue weighted by molar-refractivity contribution is 7.52. The van der Waals surface area contributed by atoms with Crippen molar-refractivity contribution in [3.8, 4) is 22.3 Å². The third-order valence-electron chi connectivity index (χ3n) is 6.51. The molecule has 0 heterocycles. The molecule has 0 saturated carbocycles. The molecule has 0 aliphatic rings. The molecular formula is C31H22OP+. The van der Waals surface area contributed by atoms with Crippen LogP contribution in [0.5, 0.6) is 0 Å². The second kappa shape index (κ2) is 7.96. The third-order valence-corrected chi connectivity index (χ3v) is 7.54. The molecule has 0 amide bonds. The summed E-state index contributed by atoms with van der Waals surface area (Å²) in [7, 11) is -1.35. The first-order chi connectivity index (χ1) is 16.2. The van der Waals surface area contributed by atoms with Crippen LogP contribution in [-0.4, -0.2) is 6.66 Å². The van der Waals surface area contributed by atoms with Crippen LogP contribution in [0.15, 0.2) is 115 Å². The van der Waals surface area contributed by atoms with E-state index in [-0.39, 0.29) is 0 Å². The Bertz CT molecular complexity index is 1620. The van der Waals surface area contributed by atoms with Gasteiger partial charge in [0.15, 0.2) is 5.30 Å². The van der Waals surface area contributed by atoms with E-state index in [4.69, 9.17) is 0 Å². The van der Waals surface area contributed by atoms with Crippen LogP contribution in [0.25, 0.3) is 54.6 Å². The SMILES string of the molecule is C[P+](=O)c1ccc(-c2c3ccccc3c(-c3cccc4ccccc34)c3ccccc23)cc1. The predicted octanol–water partition coefficient (Wildman–Crippen LogP) is 8.56. The van der Waals surface area contributed by atoms with E-state index in [0.29, 0.717) is 0 Å². The summed E-state index contributed by atoms with van der Waals surface area (Å²) in [6.07, 6.45) is 0. The van der Waals surface area contributed by atoms with Crippen LogP contribution in [-0.2, 0) is 4.57 Å². The molecule has 0 aliphatic carbocycles. The van der Waals surface area contributed by atoms with Gasteiger partial charge in [-0.25, -0.2) is 0 Å². The summed E-state index contributed by atoms with van der Waals surface area (Å²) in [5, 5.41) is 8.34. The molecule has 0 aliphatic heterocycles. The van der Waals surface area contributed by atoms with Crippen molar-refractivity contribution in [3.05, 3.63) is 115 Å². The van der Waals surface area contributed by atoms with Crippen LogP contribution in [0.3, 0.4) is 0 Å². The van der Waals surface area contributed by atoms with Gasteiger partial charge in [0, 0.05) is 0 Å². The van der Waals surface area contributed by atoms with Gasteiger partial charge in [0.25, 0.3) is 0 Å². The minimum Gasteiger partial charge on any atom is -0.0684 e. The maximum absolute atomic E-state index is 12.0. The number of fused-ring (bicyclic) bond motifs is 3. The molecule has 0 bridgehead atoms. The quantitative estimate of drug-likeness (QED) is 0.199. The molecule has 0 aromatic heterocycles. The van der Waals surface area contributed by atoms with Crippen molar-refractivity contribution in [2.45, 2.75) is 0 Å². The minimum absolute atomic E-state index is 0.884. The summed E-state index contributed by atoms with van der Waals surface area (Å²) in [6, 6.07) is 40.8. The zero-order chi connectivity index (χ0) is 22.4. The summed E-state index contributed by atoms with van der Waals surface area (Å²) in [4.78, 5) is 0. The Kier molecular flexibility index (Phi) is 4.79. The number of hydrogen-bond donors (Lipinski definition) is 0. The highest BCUT2D eigenvalue weighted by atomic mass is 31.1. The predicted molar refractivity (Wildman–Crippen MR) is 143 cm³/mol. The van der Waals surface area contributed by atoms with E-state index in [1.165, 1.54) is 49.0 Å². The summed E-state index contributed by atoms with van der Waals surface area (Å²) in [5.41, 5.74) is 4.90. The van der Waals surface area contributed by atoms with E-state index in [1.807, 2.05) is 12.1 Å². The Balaban J connectivity index is 1.76. The summed E-state index contributed by atoms with van der Waals surface area (Å²) < 4.78 is 12.0. The largest absolute Gasteiger partial charge is 0.373 e. The van der Waals surface area contributed by atoms with Gasteiger partial charge in [-0.15, -0.1) is 0 Å². The lowest BCUT2D eigenvalue weighted by molar-refractivity contribution is 0.596. The van der Waals surface area contributed by atoms with Crippen molar-refractivity contribution in [1.29, 1.82) is 0 Å². The van der Waals surface area contributed by atoms with Crippen LogP contribution in [0.4, 0.5) is 0 Å². The lowest BCUT2D eigenvalue weighted by Gasteiger charge is -2.18. The molecule has 0 spiro atoms. The lowest BCUT2D eigenvalue weighted by Crippen LogP contribution is -1.95. The topological polar surface area (TPSA) is 17.1 Å². The zero-order valence-electron chi connectivity index (χ0n) is 18.3. The summed E-state index contributed by atoms with van der Waals surface area (Å²) in [5.74, 6) is 0. The molecular weight excluding hydrogens is 419 g/mol. The Morgan fingerprint density at radius 2 is 0.970 bits per heavy atom. The van der Waals surface area contributed by atoms with Gasteiger partial charge < -0.3 is 0 Å². The second-order valence-corrected chi connectivity index (χ2v) is 9.92. The van der Waals surface area contributed by atoms with E-state index < -0.39 is 7.80 Å². The van der Waals surface area contributed by atoms with Crippen molar-refractivity contribution in [3.63, 3.8) is 0 Å². The van der Waals surface area contributed by atoms with Gasteiger partial charge in [-0.1, -0.05) is 95.6 Å². The highest BCUT2D eigenvalue weighted by Gasteiger charge is 2.18. The van der Waals surface area contributed by atoms with E-state index in [2.05, 4.69) is 103 Å². The number of benzene rings is 6. The normalized spacial score (nSPS) is 11.8. The van der Waals surface area contributed by atoms with Gasteiger partial charge in [-0.3, -0.25) is 0 Å². The summed E-state index contributed by atoms with van der Waals surface area (Å²) in [6.45, 7) is 1.76. The Labute approximate surface area is 194 Å². The lowest BCUT2D eigenvalue weighted by atomic mass is 9.85. The van der Waals surface area contributed by atoms with Gasteiger partial charge in [-0.05, 0) is 78.8 Å². The standard InChI is InChI=1S/C31H22OP/c1-33(32)23-19-17-22(18-20-23)30-26-12-4-6-14-28(26)31(29-15-7-5-13-27(29)30)25-16-8-10-21-9-2-3-11-24(21)25/h2-20H,1H3/q+1. The van der Waals surface area contributed by atoms with Crippen LogP contribution in [0.1, 0.15) is 0 Å². The molecule has 0 saturated heterocycles. The molecule has 6 rings (SSSR count). The van der Waals surface area contributed by atoms with Crippen LogP contribution in [0, 0.1) is 0 Å². The van der Waals surface area contributed by atoms with Gasteiger partial charge in [0.1, 0.15) is 6.66 Å². The average Bonchev–Trinajstić information content (AvgIpc) is 2.87. The van der Waals surface area contributed by atoms with E-state index in [9.17, 15) is 4.57 Å². The molecule has 156 valence electrons. The van der Waals surface area contributed by atoms with Gasteiger partial charge in [0.05, 0.1) is 0 Å². The van der Waals surface area contributed by atoms with Gasteiger partial charge >= 0.3 is 7.80 Å². The maximum atomic E-state index is 12.0. The fourth-order valence-electron chi connectivity index (χ4n) is 5.01. The van der Waals surface area contributed by atoms with Crippen LogP contribution < -0.4 is 5.30 Å². The number of hydrogen-bond acceptors (Lipinski definition) is 1. The van der Waals surface area contributed by atoms with Crippen LogP contribution >= 0.6 is 7.80 Å². The highest BCUT2D eigenvalue weighted by Crippen LogP contribution is 2.45. The van der Waals surface area contributed by atoms with E-state index in [1.54, 1.807) is 6.66 Å². The molecule has 2 heteroatoms. The van der Waals surface area contributed by atoms with Gasteiger partial charge in [0.2, 0.25) is 0 Å². The van der Waals surface area contributed by atoms with E-state index >= 15 is 0 Å². The van der Waals surface area contributed by atoms with Crippen molar-refractivity contribution >= 4 is 45.4 Å². The molecule has 1 unspecified atom stereocenters. The summed E-state index contributed by atoms with van der Waals surface area (Å²) >= 11 is 0. The smallest absolute Gasteiger partial charge is 0.0684 e. The average molecular weight is 441 g/mol. The Hall–Kier alpha value is -3.80. The molecule has 6 aromatic rings. The zero-order valence-corrected chi connectivity index (χ0v) is 19.2. The maximum Gasteiger partial charge on any atom is 0.373 e. The minimum atomic E-state index is -1.35. The Morgan fingerprint density at radius 3 is 1.55 bits per heavy atom. The first-order valence-electron chi connectivity index (χ1n) is 11.2. The molecule has 0 fully saturated rings. The molecule has 1 nitrogen and oxygen atoms in total. The van der Waals surface area contributed by atoms with Crippen molar-refractivity contribution in [2.24, 2.45) is 0 Å². The van der Waals surface area contributed by atoms with Crippen molar-refractivity contribution in [1.82, 2.24) is 0 Å². The molecule has 0 radical (unpaired) electrons. The monoisotopic (exact) mass is 441 g/mol. The Morgan fingerprint density at radius 1 is 0.485 bits per heavy atom. The van der Waals surface area contributed by atoms with Gasteiger partial charge in [-0.2, -0.15) is 0 Å². The van der Waals surface area contributed by atoms with Crippen molar-refractivity contribution < 1.29 is 4.57 Å². The molecule has 6 aromatic carbocycles. The number of rotatable bonds is 3. The molecule has 33 heavy (non-hydrogen) atoms. The molecule has 1 atom stereocenters. The fraction of sp³-hybridized carbons (Fsp3) is 0.0323. The van der Waals surface area contributed by atoms with Crippen LogP contribution in [0.2, 0.25) is 0 Å². The van der Waals surface area contributed by atoms with Crippen molar-refractivity contribution in [2.75, 3.05) is 6.66 Å². The first-order valence-corrected chi connectivity index (χ1v) is 12.9.